The number of anilines is 1. The fourth-order valence-corrected chi connectivity index (χ4v) is 5.61. The van der Waals surface area contributed by atoms with Crippen molar-refractivity contribution >= 4 is 22.2 Å². The van der Waals surface area contributed by atoms with Crippen molar-refractivity contribution in [2.24, 2.45) is 17.8 Å². The third kappa shape index (κ3) is 3.46. The van der Waals surface area contributed by atoms with Gasteiger partial charge in [0, 0.05) is 5.92 Å². The van der Waals surface area contributed by atoms with Gasteiger partial charge in [-0.15, -0.1) is 11.3 Å². The molecule has 0 unspecified atom stereocenters. The number of allylic oxidation sites excluding steroid dienone is 2. The molecule has 1 heterocycles. The van der Waals surface area contributed by atoms with Gasteiger partial charge in [-0.05, 0) is 49.7 Å². The number of amides is 1. The third-order valence-corrected chi connectivity index (χ3v) is 6.93. The molecule has 4 rings (SSSR count). The highest BCUT2D eigenvalue weighted by Crippen LogP contribution is 2.49. The Hall–Kier alpha value is -2.59. The van der Waals surface area contributed by atoms with Crippen LogP contribution in [0.25, 0.3) is 10.4 Å². The first-order valence-corrected chi connectivity index (χ1v) is 10.2. The van der Waals surface area contributed by atoms with Crippen molar-refractivity contribution in [1.29, 1.82) is 5.26 Å². The van der Waals surface area contributed by atoms with Crippen LogP contribution in [0.1, 0.15) is 35.1 Å². The van der Waals surface area contributed by atoms with Crippen molar-refractivity contribution < 1.29 is 18.0 Å². The van der Waals surface area contributed by atoms with Gasteiger partial charge in [-0.2, -0.15) is 18.4 Å². The van der Waals surface area contributed by atoms with Crippen LogP contribution in [0.15, 0.2) is 30.4 Å². The minimum absolute atomic E-state index is 0.0208. The Morgan fingerprint density at radius 1 is 1.24 bits per heavy atom. The lowest BCUT2D eigenvalue weighted by atomic mass is 9.93. The molecule has 1 amide bonds. The van der Waals surface area contributed by atoms with Crippen LogP contribution in [0, 0.1) is 42.9 Å². The number of hydrogen-bond acceptors (Lipinski definition) is 3. The molecule has 29 heavy (non-hydrogen) atoms. The highest BCUT2D eigenvalue weighted by molar-refractivity contribution is 7.20. The summed E-state index contributed by atoms with van der Waals surface area (Å²) >= 11 is 0.828. The molecular weight excluding hydrogens is 397 g/mol. The molecule has 2 bridgehead atoms. The van der Waals surface area contributed by atoms with Crippen LogP contribution >= 0.6 is 11.3 Å². The molecule has 3 atom stereocenters. The molecule has 0 spiro atoms. The lowest BCUT2D eigenvalue weighted by Gasteiger charge is -2.17. The lowest BCUT2D eigenvalue weighted by Crippen LogP contribution is -2.25. The normalized spacial score (nSPS) is 22.7. The molecule has 1 aromatic heterocycles. The van der Waals surface area contributed by atoms with Gasteiger partial charge in [-0.1, -0.05) is 35.9 Å². The number of nitrogens with zero attached hydrogens (tertiary/aromatic N) is 1. The maximum Gasteiger partial charge on any atom is 0.419 e. The van der Waals surface area contributed by atoms with Crippen LogP contribution in [-0.4, -0.2) is 5.91 Å². The van der Waals surface area contributed by atoms with Gasteiger partial charge in [0.05, 0.1) is 16.0 Å². The van der Waals surface area contributed by atoms with Crippen LogP contribution in [0.4, 0.5) is 18.2 Å². The van der Waals surface area contributed by atoms with E-state index < -0.39 is 17.3 Å². The largest absolute Gasteiger partial charge is 0.419 e. The Labute approximate surface area is 170 Å². The van der Waals surface area contributed by atoms with E-state index in [1.165, 1.54) is 0 Å². The third-order valence-electron chi connectivity index (χ3n) is 5.79. The molecule has 1 fully saturated rings. The summed E-state index contributed by atoms with van der Waals surface area (Å²) in [4.78, 5) is 12.7. The molecule has 2 aliphatic carbocycles. The van der Waals surface area contributed by atoms with Crippen LogP contribution in [0.5, 0.6) is 0 Å². The van der Waals surface area contributed by atoms with Crippen LogP contribution in [0.2, 0.25) is 0 Å². The predicted octanol–water partition coefficient (Wildman–Crippen LogP) is 6.07. The first-order chi connectivity index (χ1) is 13.7. The predicted molar refractivity (Wildman–Crippen MR) is 106 cm³/mol. The van der Waals surface area contributed by atoms with E-state index in [0.717, 1.165) is 23.3 Å². The van der Waals surface area contributed by atoms with Gasteiger partial charge in [0.1, 0.15) is 11.1 Å². The van der Waals surface area contributed by atoms with Gasteiger partial charge in [0.25, 0.3) is 0 Å². The number of nitriles is 1. The summed E-state index contributed by atoms with van der Waals surface area (Å²) in [6.45, 7) is 3.54. The number of carbonyl (C=O) groups is 1. The van der Waals surface area contributed by atoms with Crippen molar-refractivity contribution in [3.63, 3.8) is 0 Å². The molecule has 1 N–H and O–H groups in total. The van der Waals surface area contributed by atoms with E-state index in [9.17, 15) is 23.2 Å². The highest BCUT2D eigenvalue weighted by atomic mass is 32.1. The summed E-state index contributed by atoms with van der Waals surface area (Å²) in [5, 5.41) is 12.2. The number of alkyl halides is 3. The molecule has 0 aliphatic heterocycles. The molecular formula is C22H19F3N2OS. The van der Waals surface area contributed by atoms with E-state index in [-0.39, 0.29) is 27.6 Å². The average Bonchev–Trinajstić information content (AvgIpc) is 3.36. The first kappa shape index (κ1) is 19.7. The summed E-state index contributed by atoms with van der Waals surface area (Å²) in [6.07, 6.45) is 1.03. The molecule has 3 nitrogen and oxygen atoms in total. The fourth-order valence-electron chi connectivity index (χ4n) is 4.35. The Morgan fingerprint density at radius 2 is 2.00 bits per heavy atom. The number of thiophene rings is 1. The van der Waals surface area contributed by atoms with Crippen molar-refractivity contribution in [2.45, 2.75) is 32.9 Å². The topological polar surface area (TPSA) is 52.9 Å². The van der Waals surface area contributed by atoms with E-state index in [1.807, 2.05) is 12.1 Å². The van der Waals surface area contributed by atoms with Gasteiger partial charge in [0.2, 0.25) is 5.91 Å². The number of aryl methyl sites for hydroxylation is 2. The van der Waals surface area contributed by atoms with Gasteiger partial charge >= 0.3 is 6.18 Å². The zero-order valence-electron chi connectivity index (χ0n) is 15.9. The summed E-state index contributed by atoms with van der Waals surface area (Å²) in [5.74, 6) is -0.0604. The smallest absolute Gasteiger partial charge is 0.316 e. The summed E-state index contributed by atoms with van der Waals surface area (Å²) in [5.41, 5.74) is 0.461. The lowest BCUT2D eigenvalue weighted by molar-refractivity contribution is -0.137. The van der Waals surface area contributed by atoms with E-state index in [2.05, 4.69) is 11.4 Å². The van der Waals surface area contributed by atoms with Crippen LogP contribution in [-0.2, 0) is 11.0 Å². The van der Waals surface area contributed by atoms with Crippen LogP contribution < -0.4 is 5.32 Å². The molecule has 0 radical (unpaired) electrons. The monoisotopic (exact) mass is 416 g/mol. The first-order valence-electron chi connectivity index (χ1n) is 9.40. The highest BCUT2D eigenvalue weighted by Gasteiger charge is 2.43. The zero-order valence-corrected chi connectivity index (χ0v) is 16.7. The van der Waals surface area contributed by atoms with E-state index in [0.29, 0.717) is 23.5 Å². The number of carbonyl (C=O) groups excluding carboxylic acids is 1. The van der Waals surface area contributed by atoms with E-state index in [4.69, 9.17) is 0 Å². The SMILES string of the molecule is Cc1ccc(C)c(-c2sc(NC(=O)[C@H]3C[C@@H]4C=C[C@@H]3C4)c(C#N)c2C(F)(F)F)c1. The molecule has 1 saturated carbocycles. The van der Waals surface area contributed by atoms with Gasteiger partial charge < -0.3 is 5.32 Å². The van der Waals surface area contributed by atoms with Gasteiger partial charge in [-0.3, -0.25) is 4.79 Å². The molecule has 0 saturated heterocycles. The van der Waals surface area contributed by atoms with Crippen molar-refractivity contribution in [3.8, 4) is 16.5 Å². The quantitative estimate of drug-likeness (QED) is 0.617. The molecule has 2 aliphatic rings. The van der Waals surface area contributed by atoms with E-state index in [1.54, 1.807) is 32.0 Å². The Bertz CT molecular complexity index is 1060. The minimum Gasteiger partial charge on any atom is -0.316 e. The van der Waals surface area contributed by atoms with Crippen LogP contribution in [0.3, 0.4) is 0 Å². The maximum absolute atomic E-state index is 13.9. The van der Waals surface area contributed by atoms with Crippen molar-refractivity contribution in [3.05, 3.63) is 52.6 Å². The number of fused-ring (bicyclic) bond motifs is 2. The van der Waals surface area contributed by atoms with Crippen molar-refractivity contribution in [2.75, 3.05) is 5.32 Å². The van der Waals surface area contributed by atoms with Gasteiger partial charge in [0.15, 0.2) is 0 Å². The standard InChI is InChI=1S/C22H19F3N2OS/c1-11-3-4-12(2)15(7-11)19-18(22(23,24)25)17(10-26)21(29-19)27-20(28)16-9-13-5-6-14(16)8-13/h3-7,13-14,16H,8-9H2,1-2H3,(H,27,28)/t13-,14-,16+/m1/s1. The minimum atomic E-state index is -4.70. The summed E-state index contributed by atoms with van der Waals surface area (Å²) in [7, 11) is 0. The molecule has 1 aromatic carbocycles. The van der Waals surface area contributed by atoms with Gasteiger partial charge in [-0.25, -0.2) is 0 Å². The second-order valence-electron chi connectivity index (χ2n) is 7.81. The molecule has 150 valence electrons. The molecule has 7 heteroatoms. The van der Waals surface area contributed by atoms with Crippen molar-refractivity contribution in [1.82, 2.24) is 0 Å². The number of nitrogens with one attached hydrogen (secondary N) is 1. The number of rotatable bonds is 3. The second-order valence-corrected chi connectivity index (χ2v) is 8.83. The summed E-state index contributed by atoms with van der Waals surface area (Å²) < 4.78 is 41.8. The number of halogens is 3. The Kier molecular flexibility index (Phi) is 4.78. The number of benzene rings is 1. The van der Waals surface area contributed by atoms with E-state index >= 15 is 0 Å². The Morgan fingerprint density at radius 3 is 2.59 bits per heavy atom. The second kappa shape index (κ2) is 7.03. The fraction of sp³-hybridized carbons (Fsp3) is 0.364. The molecule has 2 aromatic rings. The summed E-state index contributed by atoms with van der Waals surface area (Å²) in [6, 6.07) is 6.96. The zero-order chi connectivity index (χ0) is 20.9. The number of hydrogen-bond donors (Lipinski definition) is 1. The average molecular weight is 416 g/mol. The Balaban J connectivity index is 1.78. The maximum atomic E-state index is 13.9.